The topological polar surface area (TPSA) is 61.6 Å². The highest BCUT2D eigenvalue weighted by molar-refractivity contribution is 5.78. The molecule has 2 aliphatic rings. The van der Waals surface area contributed by atoms with E-state index in [0.29, 0.717) is 18.3 Å². The molecule has 6 nitrogen and oxygen atoms in total. The molecule has 1 N–H and O–H groups in total. The highest BCUT2D eigenvalue weighted by Crippen LogP contribution is 2.25. The summed E-state index contributed by atoms with van der Waals surface area (Å²) >= 11 is 0. The number of nitrogens with zero attached hydrogens (tertiary/aromatic N) is 3. The number of likely N-dealkylation sites (tertiary alicyclic amines) is 2. The fourth-order valence-corrected chi connectivity index (χ4v) is 4.65. The van der Waals surface area contributed by atoms with E-state index >= 15 is 0 Å². The van der Waals surface area contributed by atoms with Crippen molar-refractivity contribution in [2.45, 2.75) is 51.7 Å². The van der Waals surface area contributed by atoms with Gasteiger partial charge < -0.3 is 9.84 Å². The largest absolute Gasteiger partial charge is 0.359 e. The minimum atomic E-state index is 0.0788. The lowest BCUT2D eigenvalue weighted by Crippen LogP contribution is -2.50. The van der Waals surface area contributed by atoms with E-state index in [4.69, 9.17) is 4.52 Å². The summed E-state index contributed by atoms with van der Waals surface area (Å²) < 4.78 is 5.19. The molecule has 0 radical (unpaired) electrons. The number of aryl methyl sites for hydroxylation is 1. The lowest BCUT2D eigenvalue weighted by Gasteiger charge is -2.42. The minimum Gasteiger partial charge on any atom is -0.359 e. The summed E-state index contributed by atoms with van der Waals surface area (Å²) in [5.74, 6) is 0.940. The van der Waals surface area contributed by atoms with Crippen molar-refractivity contribution in [3.63, 3.8) is 0 Å². The van der Waals surface area contributed by atoms with Gasteiger partial charge in [0, 0.05) is 25.2 Å². The maximum absolute atomic E-state index is 12.7. The van der Waals surface area contributed by atoms with Gasteiger partial charge in [-0.2, -0.15) is 0 Å². The van der Waals surface area contributed by atoms with Crippen LogP contribution in [0.15, 0.2) is 40.9 Å². The average Bonchev–Trinajstić information content (AvgIpc) is 3.18. The highest BCUT2D eigenvalue weighted by Gasteiger charge is 2.31. The third-order valence-corrected chi connectivity index (χ3v) is 6.26. The van der Waals surface area contributed by atoms with Crippen molar-refractivity contribution in [3.8, 4) is 0 Å². The number of amides is 1. The molecule has 4 rings (SSSR count). The third-order valence-electron chi connectivity index (χ3n) is 6.26. The molecule has 2 aliphatic heterocycles. The normalized spacial score (nSPS) is 21.9. The lowest BCUT2D eigenvalue weighted by molar-refractivity contribution is -0.127. The number of hydrogen-bond donors (Lipinski definition) is 1. The van der Waals surface area contributed by atoms with Crippen molar-refractivity contribution in [2.24, 2.45) is 5.92 Å². The van der Waals surface area contributed by atoms with Crippen LogP contribution in [0.2, 0.25) is 0 Å². The van der Waals surface area contributed by atoms with Gasteiger partial charge >= 0.3 is 0 Å². The van der Waals surface area contributed by atoms with Gasteiger partial charge in [0.05, 0.1) is 18.2 Å². The van der Waals surface area contributed by atoms with E-state index in [0.717, 1.165) is 51.3 Å². The van der Waals surface area contributed by atoms with Crippen LogP contribution in [0.1, 0.15) is 42.7 Å². The molecule has 29 heavy (non-hydrogen) atoms. The Morgan fingerprint density at radius 1 is 1.17 bits per heavy atom. The Balaban J connectivity index is 1.23. The van der Waals surface area contributed by atoms with E-state index in [1.54, 1.807) is 0 Å². The quantitative estimate of drug-likeness (QED) is 0.813. The number of hydrogen-bond acceptors (Lipinski definition) is 5. The molecule has 1 amide bonds. The summed E-state index contributed by atoms with van der Waals surface area (Å²) in [6.45, 7) is 7.63. The summed E-state index contributed by atoms with van der Waals surface area (Å²) in [4.78, 5) is 17.8. The van der Waals surface area contributed by atoms with Gasteiger partial charge in [0.1, 0.15) is 0 Å². The third kappa shape index (κ3) is 5.46. The zero-order valence-corrected chi connectivity index (χ0v) is 17.3. The van der Waals surface area contributed by atoms with E-state index < -0.39 is 0 Å². The molecule has 0 saturated carbocycles. The zero-order valence-electron chi connectivity index (χ0n) is 17.3. The van der Waals surface area contributed by atoms with Gasteiger partial charge in [0.2, 0.25) is 5.91 Å². The van der Waals surface area contributed by atoms with Crippen LogP contribution in [-0.2, 0) is 17.9 Å². The van der Waals surface area contributed by atoms with Gasteiger partial charge in [0.15, 0.2) is 5.76 Å². The van der Waals surface area contributed by atoms with Gasteiger partial charge in [0.25, 0.3) is 0 Å². The smallest absolute Gasteiger partial charge is 0.224 e. The molecule has 3 heterocycles. The number of carbonyl (C=O) groups excluding carboxylic acids is 1. The molecule has 1 aromatic carbocycles. The van der Waals surface area contributed by atoms with Crippen molar-refractivity contribution in [2.75, 3.05) is 26.2 Å². The Kier molecular flexibility index (Phi) is 6.62. The van der Waals surface area contributed by atoms with Crippen LogP contribution in [0, 0.1) is 12.8 Å². The second-order valence-electron chi connectivity index (χ2n) is 8.48. The van der Waals surface area contributed by atoms with Gasteiger partial charge in [-0.1, -0.05) is 35.5 Å². The maximum Gasteiger partial charge on any atom is 0.224 e. The Morgan fingerprint density at radius 3 is 2.69 bits per heavy atom. The average molecular weight is 397 g/mol. The Hall–Kier alpha value is -2.18. The van der Waals surface area contributed by atoms with Crippen LogP contribution >= 0.6 is 0 Å². The second-order valence-corrected chi connectivity index (χ2v) is 8.48. The fraction of sp³-hybridized carbons (Fsp3) is 0.565. The van der Waals surface area contributed by atoms with Gasteiger partial charge in [-0.05, 0) is 57.8 Å². The van der Waals surface area contributed by atoms with Crippen LogP contribution in [0.4, 0.5) is 0 Å². The molecule has 156 valence electrons. The highest BCUT2D eigenvalue weighted by atomic mass is 16.5. The number of carbonyl (C=O) groups is 1. The van der Waals surface area contributed by atoms with Crippen molar-refractivity contribution >= 4 is 5.91 Å². The number of benzene rings is 1. The molecule has 6 heteroatoms. The molecular weight excluding hydrogens is 364 g/mol. The summed E-state index contributed by atoms with van der Waals surface area (Å²) in [6.07, 6.45) is 4.46. The summed E-state index contributed by atoms with van der Waals surface area (Å²) in [6, 6.07) is 13.2. The van der Waals surface area contributed by atoms with E-state index in [1.165, 1.54) is 18.4 Å². The zero-order chi connectivity index (χ0) is 20.1. The van der Waals surface area contributed by atoms with Gasteiger partial charge in [-0.25, -0.2) is 0 Å². The molecule has 1 unspecified atom stereocenters. The molecule has 0 spiro atoms. The predicted octanol–water partition coefficient (Wildman–Crippen LogP) is 2.98. The van der Waals surface area contributed by atoms with E-state index in [2.05, 4.69) is 50.6 Å². The number of rotatable bonds is 6. The SMILES string of the molecule is Cc1cc(CNC(=O)C2CCCN(C3CCN(Cc4ccccc4)CC3)C2)on1. The monoisotopic (exact) mass is 396 g/mol. The Bertz CT molecular complexity index is 783. The Labute approximate surface area is 173 Å². The summed E-state index contributed by atoms with van der Waals surface area (Å²) in [5, 5.41) is 6.91. The number of nitrogens with one attached hydrogen (secondary N) is 1. The first kappa shape index (κ1) is 20.1. The van der Waals surface area contributed by atoms with Crippen LogP contribution < -0.4 is 5.32 Å². The van der Waals surface area contributed by atoms with Crippen molar-refractivity contribution in [3.05, 3.63) is 53.4 Å². The van der Waals surface area contributed by atoms with Crippen molar-refractivity contribution < 1.29 is 9.32 Å². The maximum atomic E-state index is 12.7. The second kappa shape index (κ2) is 9.55. The first-order chi connectivity index (χ1) is 14.2. The molecule has 2 saturated heterocycles. The van der Waals surface area contributed by atoms with Gasteiger partial charge in [-0.15, -0.1) is 0 Å². The standard InChI is InChI=1S/C23H32N4O2/c1-18-14-22(29-25-18)15-24-23(28)20-8-5-11-27(17-20)21-9-12-26(13-10-21)16-19-6-3-2-4-7-19/h2-4,6-7,14,20-21H,5,8-13,15-17H2,1H3,(H,24,28). The van der Waals surface area contributed by atoms with Crippen LogP contribution in [-0.4, -0.2) is 53.1 Å². The lowest BCUT2D eigenvalue weighted by atomic mass is 9.93. The van der Waals surface area contributed by atoms with Crippen LogP contribution in [0.25, 0.3) is 0 Å². The molecule has 1 atom stereocenters. The number of aromatic nitrogens is 1. The van der Waals surface area contributed by atoms with Crippen molar-refractivity contribution in [1.82, 2.24) is 20.3 Å². The molecule has 0 aliphatic carbocycles. The van der Waals surface area contributed by atoms with E-state index in [1.807, 2.05) is 13.0 Å². The van der Waals surface area contributed by atoms with Crippen LogP contribution in [0.5, 0.6) is 0 Å². The van der Waals surface area contributed by atoms with Gasteiger partial charge in [-0.3, -0.25) is 14.6 Å². The molecule has 2 fully saturated rings. The summed E-state index contributed by atoms with van der Waals surface area (Å²) in [7, 11) is 0. The molecule has 0 bridgehead atoms. The van der Waals surface area contributed by atoms with E-state index in [-0.39, 0.29) is 11.8 Å². The van der Waals surface area contributed by atoms with E-state index in [9.17, 15) is 4.79 Å². The summed E-state index contributed by atoms with van der Waals surface area (Å²) in [5.41, 5.74) is 2.24. The first-order valence-corrected chi connectivity index (χ1v) is 10.9. The predicted molar refractivity (Wildman–Crippen MR) is 112 cm³/mol. The fourth-order valence-electron chi connectivity index (χ4n) is 4.65. The minimum absolute atomic E-state index is 0.0788. The first-order valence-electron chi connectivity index (χ1n) is 10.9. The number of piperidine rings is 2. The molecule has 1 aromatic heterocycles. The van der Waals surface area contributed by atoms with Crippen molar-refractivity contribution in [1.29, 1.82) is 0 Å². The molecule has 2 aromatic rings. The molecular formula is C23H32N4O2. The Morgan fingerprint density at radius 2 is 1.97 bits per heavy atom. The van der Waals surface area contributed by atoms with Crippen LogP contribution in [0.3, 0.4) is 0 Å².